The fourth-order valence-electron chi connectivity index (χ4n) is 4.80. The van der Waals surface area contributed by atoms with Crippen LogP contribution in [0.25, 0.3) is 6.08 Å². The molecule has 1 aromatic carbocycles. The maximum Gasteiger partial charge on any atom is 0.333 e. The molecule has 2 saturated heterocycles. The van der Waals surface area contributed by atoms with Crippen LogP contribution >= 0.6 is 0 Å². The SMILES string of the molecule is CN(C)CC1COC2(CCN(c3nc4c(cc3F)C=C(C(=O)O)CN4c3ccc(F)cc3F)C2)O1. The first-order chi connectivity index (χ1) is 16.6. The van der Waals surface area contributed by atoms with Crippen molar-refractivity contribution in [2.75, 3.05) is 56.7 Å². The molecule has 35 heavy (non-hydrogen) atoms. The Hall–Kier alpha value is -3.15. The normalized spacial score (nSPS) is 23.8. The highest BCUT2D eigenvalue weighted by molar-refractivity contribution is 5.97. The van der Waals surface area contributed by atoms with Crippen LogP contribution < -0.4 is 9.80 Å². The van der Waals surface area contributed by atoms with Gasteiger partial charge in [0.05, 0.1) is 37.1 Å². The second-order valence-corrected chi connectivity index (χ2v) is 9.26. The average molecular weight is 490 g/mol. The van der Waals surface area contributed by atoms with E-state index in [2.05, 4.69) is 4.98 Å². The van der Waals surface area contributed by atoms with Crippen molar-refractivity contribution in [2.24, 2.45) is 0 Å². The van der Waals surface area contributed by atoms with Gasteiger partial charge in [-0.3, -0.25) is 0 Å². The maximum atomic E-state index is 15.2. The van der Waals surface area contributed by atoms with Crippen LogP contribution in [0.3, 0.4) is 0 Å². The third-order valence-corrected chi connectivity index (χ3v) is 6.33. The minimum Gasteiger partial charge on any atom is -0.478 e. The fourth-order valence-corrected chi connectivity index (χ4v) is 4.80. The van der Waals surface area contributed by atoms with Crippen LogP contribution in [-0.4, -0.2) is 79.7 Å². The summed E-state index contributed by atoms with van der Waals surface area (Å²) in [6.07, 6.45) is 1.74. The number of benzene rings is 1. The molecule has 0 aliphatic carbocycles. The third-order valence-electron chi connectivity index (χ3n) is 6.33. The van der Waals surface area contributed by atoms with E-state index in [0.29, 0.717) is 32.2 Å². The number of aliphatic carboxylic acids is 1. The van der Waals surface area contributed by atoms with E-state index in [1.165, 1.54) is 23.1 Å². The molecular weight excluding hydrogens is 465 g/mol. The molecule has 1 aromatic heterocycles. The van der Waals surface area contributed by atoms with E-state index < -0.39 is 29.2 Å². The van der Waals surface area contributed by atoms with Crippen molar-refractivity contribution in [3.05, 3.63) is 52.9 Å². The number of hydrogen-bond acceptors (Lipinski definition) is 7. The molecule has 2 aromatic rings. The highest BCUT2D eigenvalue weighted by Crippen LogP contribution is 2.40. The van der Waals surface area contributed by atoms with Gasteiger partial charge in [0.25, 0.3) is 0 Å². The van der Waals surface area contributed by atoms with Gasteiger partial charge >= 0.3 is 5.97 Å². The van der Waals surface area contributed by atoms with Crippen molar-refractivity contribution in [3.8, 4) is 0 Å². The summed E-state index contributed by atoms with van der Waals surface area (Å²) in [4.78, 5) is 21.2. The topological polar surface area (TPSA) is 78.4 Å². The molecule has 0 bridgehead atoms. The van der Waals surface area contributed by atoms with Crippen LogP contribution in [0, 0.1) is 17.5 Å². The number of anilines is 3. The first kappa shape index (κ1) is 23.6. The zero-order chi connectivity index (χ0) is 24.9. The predicted molar refractivity (Wildman–Crippen MR) is 122 cm³/mol. The fraction of sp³-hybridized carbons (Fsp3) is 0.417. The number of likely N-dealkylation sites (N-methyl/N-ethyl adjacent to an activating group) is 1. The summed E-state index contributed by atoms with van der Waals surface area (Å²) in [5.74, 6) is -4.17. The van der Waals surface area contributed by atoms with E-state index in [4.69, 9.17) is 9.47 Å². The molecule has 3 aliphatic heterocycles. The minimum absolute atomic E-state index is 0.0311. The highest BCUT2D eigenvalue weighted by Gasteiger charge is 2.48. The van der Waals surface area contributed by atoms with Gasteiger partial charge in [-0.15, -0.1) is 0 Å². The van der Waals surface area contributed by atoms with Crippen molar-refractivity contribution < 1.29 is 32.5 Å². The molecule has 186 valence electrons. The van der Waals surface area contributed by atoms with Crippen molar-refractivity contribution in [1.82, 2.24) is 9.88 Å². The quantitative estimate of drug-likeness (QED) is 0.686. The van der Waals surface area contributed by atoms with Crippen molar-refractivity contribution in [2.45, 2.75) is 18.3 Å². The molecule has 0 saturated carbocycles. The van der Waals surface area contributed by atoms with Gasteiger partial charge in [-0.05, 0) is 38.4 Å². The van der Waals surface area contributed by atoms with E-state index in [1.54, 1.807) is 4.90 Å². The number of aromatic nitrogens is 1. The summed E-state index contributed by atoms with van der Waals surface area (Å²) in [5.41, 5.74) is 0.0541. The number of fused-ring (bicyclic) bond motifs is 1. The van der Waals surface area contributed by atoms with E-state index in [9.17, 15) is 18.7 Å². The number of rotatable bonds is 5. The molecule has 1 spiro atoms. The number of hydrogen-bond donors (Lipinski definition) is 1. The van der Waals surface area contributed by atoms with Crippen LogP contribution in [0.2, 0.25) is 0 Å². The van der Waals surface area contributed by atoms with E-state index in [0.717, 1.165) is 6.07 Å². The summed E-state index contributed by atoms with van der Waals surface area (Å²) < 4.78 is 55.5. The number of carboxylic acid groups (broad SMARTS) is 1. The van der Waals surface area contributed by atoms with E-state index in [1.807, 2.05) is 19.0 Å². The third kappa shape index (κ3) is 4.46. The molecule has 2 fully saturated rings. The van der Waals surface area contributed by atoms with Crippen LogP contribution in [0.4, 0.5) is 30.5 Å². The van der Waals surface area contributed by atoms with Gasteiger partial charge in [-0.25, -0.2) is 22.9 Å². The Balaban J connectivity index is 1.49. The monoisotopic (exact) mass is 490 g/mol. The highest BCUT2D eigenvalue weighted by atomic mass is 19.1. The summed E-state index contributed by atoms with van der Waals surface area (Å²) in [5, 5.41) is 9.53. The maximum absolute atomic E-state index is 15.2. The van der Waals surface area contributed by atoms with Gasteiger partial charge in [0, 0.05) is 31.1 Å². The molecular formula is C24H25F3N4O4. The molecule has 4 heterocycles. The van der Waals surface area contributed by atoms with Gasteiger partial charge in [-0.1, -0.05) is 0 Å². The molecule has 2 atom stereocenters. The van der Waals surface area contributed by atoms with E-state index in [-0.39, 0.29) is 47.7 Å². The smallest absolute Gasteiger partial charge is 0.333 e. The van der Waals surface area contributed by atoms with E-state index >= 15 is 4.39 Å². The van der Waals surface area contributed by atoms with Crippen LogP contribution in [-0.2, 0) is 14.3 Å². The Morgan fingerprint density at radius 1 is 1.23 bits per heavy atom. The Morgan fingerprint density at radius 2 is 2.03 bits per heavy atom. The Bertz CT molecular complexity index is 1210. The standard InChI is InChI=1S/C24H25F3N4O4/c1-29(2)11-17-12-34-24(35-17)5-6-30(13-24)22-19(27)8-14-7-15(23(32)33)10-31(21(14)28-22)20-4-3-16(25)9-18(20)26/h3-4,7-9,17H,5-6,10-13H2,1-2H3,(H,32,33). The summed E-state index contributed by atoms with van der Waals surface area (Å²) in [6.45, 7) is 1.61. The molecule has 1 N–H and O–H groups in total. The van der Waals surface area contributed by atoms with Gasteiger partial charge in [-0.2, -0.15) is 0 Å². The molecule has 0 amide bonds. The second-order valence-electron chi connectivity index (χ2n) is 9.26. The Kier molecular flexibility index (Phi) is 5.94. The van der Waals surface area contributed by atoms with Crippen molar-refractivity contribution >= 4 is 29.4 Å². The first-order valence-electron chi connectivity index (χ1n) is 11.2. The molecule has 11 heteroatoms. The lowest BCUT2D eigenvalue weighted by Gasteiger charge is -2.31. The van der Waals surface area contributed by atoms with Crippen LogP contribution in [0.5, 0.6) is 0 Å². The zero-order valence-corrected chi connectivity index (χ0v) is 19.3. The van der Waals surface area contributed by atoms with Crippen molar-refractivity contribution in [3.63, 3.8) is 0 Å². The number of ether oxygens (including phenoxy) is 2. The zero-order valence-electron chi connectivity index (χ0n) is 19.3. The Morgan fingerprint density at radius 3 is 2.74 bits per heavy atom. The van der Waals surface area contributed by atoms with Gasteiger partial charge in [0.15, 0.2) is 17.4 Å². The summed E-state index contributed by atoms with van der Waals surface area (Å²) in [6, 6.07) is 4.18. The number of carbonyl (C=O) groups is 1. The number of halogens is 3. The molecule has 8 nitrogen and oxygen atoms in total. The van der Waals surface area contributed by atoms with Gasteiger partial charge in [0.2, 0.25) is 0 Å². The lowest BCUT2D eigenvalue weighted by atomic mass is 10.0. The first-order valence-corrected chi connectivity index (χ1v) is 11.2. The van der Waals surface area contributed by atoms with Crippen LogP contribution in [0.15, 0.2) is 29.8 Å². The molecule has 3 aliphatic rings. The number of carboxylic acids is 1. The molecule has 0 radical (unpaired) electrons. The van der Waals surface area contributed by atoms with Gasteiger partial charge in [0.1, 0.15) is 17.5 Å². The summed E-state index contributed by atoms with van der Waals surface area (Å²) in [7, 11) is 3.89. The predicted octanol–water partition coefficient (Wildman–Crippen LogP) is 3.00. The van der Waals surface area contributed by atoms with Crippen LogP contribution in [0.1, 0.15) is 12.0 Å². The largest absolute Gasteiger partial charge is 0.478 e. The number of pyridine rings is 1. The average Bonchev–Trinajstić information content (AvgIpc) is 3.38. The van der Waals surface area contributed by atoms with Crippen molar-refractivity contribution in [1.29, 1.82) is 0 Å². The van der Waals surface area contributed by atoms with Gasteiger partial charge < -0.3 is 29.3 Å². The lowest BCUT2D eigenvalue weighted by Crippen LogP contribution is -2.37. The summed E-state index contributed by atoms with van der Waals surface area (Å²) >= 11 is 0. The second kappa shape index (κ2) is 8.81. The lowest BCUT2D eigenvalue weighted by molar-refractivity contribution is -0.151. The molecule has 5 rings (SSSR count). The minimum atomic E-state index is -1.23. The molecule has 2 unspecified atom stereocenters. The number of nitrogens with zero attached hydrogens (tertiary/aromatic N) is 4. The Labute approximate surface area is 200 Å².